The molecule has 0 saturated heterocycles. The molecule has 0 radical (unpaired) electrons. The summed E-state index contributed by atoms with van der Waals surface area (Å²) in [6.45, 7) is 32.8. The molecular formula is C73H74BN3. The average Bonchev–Trinajstić information content (AvgIpc) is 3.68. The van der Waals surface area contributed by atoms with Gasteiger partial charge in [-0.15, -0.1) is 0 Å². The molecule has 384 valence electrons. The number of para-hydroxylation sites is 2. The molecule has 4 heteroatoms. The highest BCUT2D eigenvalue weighted by Gasteiger charge is 2.46. The van der Waals surface area contributed by atoms with E-state index in [1.54, 1.807) is 0 Å². The highest BCUT2D eigenvalue weighted by atomic mass is 15.2. The Morgan fingerprint density at radius 1 is 0.351 bits per heavy atom. The van der Waals surface area contributed by atoms with Crippen molar-refractivity contribution in [3.05, 3.63) is 228 Å². The topological polar surface area (TPSA) is 9.72 Å². The molecule has 2 aliphatic heterocycles. The molecule has 77 heavy (non-hydrogen) atoms. The molecule has 0 aromatic heterocycles. The van der Waals surface area contributed by atoms with Crippen molar-refractivity contribution in [1.82, 2.24) is 0 Å². The summed E-state index contributed by atoms with van der Waals surface area (Å²) < 4.78 is 0. The Morgan fingerprint density at radius 3 is 1.49 bits per heavy atom. The summed E-state index contributed by atoms with van der Waals surface area (Å²) in [4.78, 5) is 7.70. The summed E-state index contributed by atoms with van der Waals surface area (Å²) in [6, 6.07) is 74.6. The summed E-state index contributed by atoms with van der Waals surface area (Å²) in [5, 5.41) is 0. The van der Waals surface area contributed by atoms with E-state index in [4.69, 9.17) is 0 Å². The van der Waals surface area contributed by atoms with Crippen LogP contribution in [0.15, 0.2) is 194 Å². The van der Waals surface area contributed by atoms with Gasteiger partial charge in [0.1, 0.15) is 0 Å². The van der Waals surface area contributed by atoms with Gasteiger partial charge in [0.25, 0.3) is 6.71 Å². The Kier molecular flexibility index (Phi) is 11.6. The lowest BCUT2D eigenvalue weighted by molar-refractivity contribution is 0.589. The zero-order valence-corrected chi connectivity index (χ0v) is 47.9. The van der Waals surface area contributed by atoms with Crippen LogP contribution in [0.4, 0.5) is 51.2 Å². The third-order valence-corrected chi connectivity index (χ3v) is 17.1. The van der Waals surface area contributed by atoms with Crippen LogP contribution in [0.1, 0.15) is 130 Å². The maximum absolute atomic E-state index is 2.66. The predicted molar refractivity (Wildman–Crippen MR) is 333 cm³/mol. The van der Waals surface area contributed by atoms with Crippen molar-refractivity contribution in [3.8, 4) is 22.3 Å². The zero-order valence-electron chi connectivity index (χ0n) is 47.9. The van der Waals surface area contributed by atoms with Crippen LogP contribution in [-0.2, 0) is 27.1 Å². The highest BCUT2D eigenvalue weighted by molar-refractivity contribution is 7.00. The number of fused-ring (bicyclic) bond motifs is 7. The average molecular weight is 1000 g/mol. The molecule has 9 aromatic rings. The standard InChI is InChI=1S/C73H74BN3/c1-69(2,3)48-31-29-47(30-32-48)57-41-49(70(4,5)6)33-39-63(57)77-65-46-55(75(52-23-17-15-18-24-52)53-25-19-16-20-26-53)36-38-61(65)74-62-42-50(71(7,8)9)34-40-64(62)76(66-43-51(72(10,11)12)44-67(77)68(66)74)54-35-37-60-58(45-54)56-27-21-22-28-59(56)73(60,13)14/h15-46H,1-14H3. The maximum Gasteiger partial charge on any atom is 0.252 e. The van der Waals surface area contributed by atoms with Crippen LogP contribution in [0.25, 0.3) is 22.3 Å². The minimum atomic E-state index is -0.184. The molecule has 0 N–H and O–H groups in total. The fourth-order valence-electron chi connectivity index (χ4n) is 12.6. The third-order valence-electron chi connectivity index (χ3n) is 17.1. The SMILES string of the molecule is CC(C)(C)c1ccc(-c2cc(C(C)(C)C)ccc2N2c3cc(N(c4ccccc4)c4ccccc4)ccc3B3c4cc(C(C)(C)C)ccc4N(c4ccc5c(c4)-c4ccccc4C5(C)C)c4cc(C(C)(C)C)cc2c43)cc1. The van der Waals surface area contributed by atoms with E-state index in [9.17, 15) is 0 Å². The molecule has 0 bridgehead atoms. The molecule has 0 fully saturated rings. The Labute approximate surface area is 460 Å². The first kappa shape index (κ1) is 50.3. The molecule has 3 aliphatic rings. The van der Waals surface area contributed by atoms with Gasteiger partial charge in [-0.2, -0.15) is 0 Å². The lowest BCUT2D eigenvalue weighted by Crippen LogP contribution is -2.61. The number of hydrogen-bond donors (Lipinski definition) is 0. The first-order chi connectivity index (χ1) is 36.5. The van der Waals surface area contributed by atoms with Gasteiger partial charge in [-0.3, -0.25) is 0 Å². The summed E-state index contributed by atoms with van der Waals surface area (Å²) in [7, 11) is 0. The molecule has 0 saturated carbocycles. The zero-order chi connectivity index (χ0) is 54.1. The van der Waals surface area contributed by atoms with Crippen molar-refractivity contribution in [1.29, 1.82) is 0 Å². The largest absolute Gasteiger partial charge is 0.311 e. The molecule has 0 amide bonds. The van der Waals surface area contributed by atoms with Gasteiger partial charge in [-0.05, 0) is 167 Å². The lowest BCUT2D eigenvalue weighted by Gasteiger charge is -2.46. The Hall–Kier alpha value is -7.56. The first-order valence-corrected chi connectivity index (χ1v) is 28.0. The van der Waals surface area contributed by atoms with Crippen molar-refractivity contribution in [2.75, 3.05) is 14.7 Å². The second-order valence-corrected chi connectivity index (χ2v) is 26.8. The van der Waals surface area contributed by atoms with Crippen LogP contribution < -0.4 is 31.1 Å². The Morgan fingerprint density at radius 2 is 0.883 bits per heavy atom. The van der Waals surface area contributed by atoms with Gasteiger partial charge in [0.15, 0.2) is 0 Å². The second-order valence-electron chi connectivity index (χ2n) is 26.8. The molecule has 9 aromatic carbocycles. The van der Waals surface area contributed by atoms with Gasteiger partial charge in [-0.1, -0.05) is 212 Å². The van der Waals surface area contributed by atoms with E-state index in [-0.39, 0.29) is 33.8 Å². The van der Waals surface area contributed by atoms with E-state index < -0.39 is 0 Å². The Bertz CT molecular complexity index is 3720. The van der Waals surface area contributed by atoms with E-state index in [0.29, 0.717) is 0 Å². The van der Waals surface area contributed by atoms with Crippen molar-refractivity contribution < 1.29 is 0 Å². The van der Waals surface area contributed by atoms with Gasteiger partial charge >= 0.3 is 0 Å². The predicted octanol–water partition coefficient (Wildman–Crippen LogP) is 18.4. The molecule has 1 aliphatic carbocycles. The summed E-state index contributed by atoms with van der Waals surface area (Å²) in [5.74, 6) is 0. The molecule has 12 rings (SSSR count). The van der Waals surface area contributed by atoms with Crippen molar-refractivity contribution in [2.45, 2.75) is 124 Å². The van der Waals surface area contributed by atoms with E-state index in [1.165, 1.54) is 100 Å². The maximum atomic E-state index is 2.66. The smallest absolute Gasteiger partial charge is 0.252 e. The van der Waals surface area contributed by atoms with Gasteiger partial charge in [-0.25, -0.2) is 0 Å². The summed E-state index contributed by atoms with van der Waals surface area (Å²) in [5.41, 5.74) is 27.1. The van der Waals surface area contributed by atoms with E-state index in [0.717, 1.165) is 22.7 Å². The summed E-state index contributed by atoms with van der Waals surface area (Å²) >= 11 is 0. The van der Waals surface area contributed by atoms with Crippen molar-refractivity contribution >= 4 is 74.3 Å². The normalized spacial score (nSPS) is 14.4. The fraction of sp³-hybridized carbons (Fsp3) is 0.260. The van der Waals surface area contributed by atoms with Crippen molar-refractivity contribution in [3.63, 3.8) is 0 Å². The van der Waals surface area contributed by atoms with Crippen LogP contribution in [-0.4, -0.2) is 6.71 Å². The highest BCUT2D eigenvalue weighted by Crippen LogP contribution is 2.53. The summed E-state index contributed by atoms with van der Waals surface area (Å²) in [6.07, 6.45) is 0. The minimum absolute atomic E-state index is 0.0229. The lowest BCUT2D eigenvalue weighted by atomic mass is 9.33. The second kappa shape index (κ2) is 17.7. The monoisotopic (exact) mass is 1000 g/mol. The number of hydrogen-bond acceptors (Lipinski definition) is 3. The molecular weight excluding hydrogens is 930 g/mol. The van der Waals surface area contributed by atoms with E-state index in [1.807, 2.05) is 0 Å². The van der Waals surface area contributed by atoms with Gasteiger partial charge in [0.2, 0.25) is 0 Å². The number of nitrogens with zero attached hydrogens (tertiary/aromatic N) is 3. The van der Waals surface area contributed by atoms with Gasteiger partial charge < -0.3 is 14.7 Å². The minimum Gasteiger partial charge on any atom is -0.311 e. The van der Waals surface area contributed by atoms with Crippen LogP contribution in [0.3, 0.4) is 0 Å². The van der Waals surface area contributed by atoms with Crippen molar-refractivity contribution in [2.24, 2.45) is 0 Å². The molecule has 3 nitrogen and oxygen atoms in total. The van der Waals surface area contributed by atoms with Crippen LogP contribution in [0.2, 0.25) is 0 Å². The Balaban J connectivity index is 1.20. The molecule has 0 atom stereocenters. The number of anilines is 9. The molecule has 0 spiro atoms. The number of benzene rings is 9. The van der Waals surface area contributed by atoms with Crippen LogP contribution in [0, 0.1) is 0 Å². The van der Waals surface area contributed by atoms with Crippen LogP contribution in [0.5, 0.6) is 0 Å². The quantitative estimate of drug-likeness (QED) is 0.154. The van der Waals surface area contributed by atoms with Crippen LogP contribution >= 0.6 is 0 Å². The number of rotatable bonds is 6. The molecule has 2 heterocycles. The fourth-order valence-corrected chi connectivity index (χ4v) is 12.6. The molecule has 0 unspecified atom stereocenters. The van der Waals surface area contributed by atoms with E-state index in [2.05, 4.69) is 306 Å². The third kappa shape index (κ3) is 8.42. The van der Waals surface area contributed by atoms with Gasteiger partial charge in [0, 0.05) is 56.5 Å². The first-order valence-electron chi connectivity index (χ1n) is 28.0. The van der Waals surface area contributed by atoms with Gasteiger partial charge in [0.05, 0.1) is 5.69 Å². The van der Waals surface area contributed by atoms with E-state index >= 15 is 0 Å².